The number of ether oxygens (including phenoxy) is 1. The molecule has 2 aromatic rings. The number of nitrogens with one attached hydrogen (secondary N) is 1. The fraction of sp³-hybridized carbons (Fsp3) is 0.350. The topological polar surface area (TPSA) is 75.7 Å². The lowest BCUT2D eigenvalue weighted by molar-refractivity contribution is -0.117. The number of anilines is 1. The van der Waals surface area contributed by atoms with Crippen molar-refractivity contribution in [3.8, 4) is 5.75 Å². The van der Waals surface area contributed by atoms with Crippen LogP contribution in [0.5, 0.6) is 5.75 Å². The Morgan fingerprint density at radius 1 is 1.22 bits per heavy atom. The van der Waals surface area contributed by atoms with Crippen LogP contribution in [0.3, 0.4) is 0 Å². The van der Waals surface area contributed by atoms with Crippen LogP contribution in [0.25, 0.3) is 0 Å². The molecule has 144 valence electrons. The lowest BCUT2D eigenvalue weighted by Crippen LogP contribution is -2.32. The quantitative estimate of drug-likeness (QED) is 0.824. The van der Waals surface area contributed by atoms with Gasteiger partial charge in [-0.15, -0.1) is 0 Å². The molecule has 0 bridgehead atoms. The number of benzene rings is 2. The van der Waals surface area contributed by atoms with E-state index in [9.17, 15) is 13.2 Å². The maximum absolute atomic E-state index is 12.5. The van der Waals surface area contributed by atoms with Gasteiger partial charge in [-0.25, -0.2) is 8.42 Å². The second-order valence-electron chi connectivity index (χ2n) is 6.75. The Morgan fingerprint density at radius 2 is 1.96 bits per heavy atom. The maximum Gasteiger partial charge on any atom is 0.238 e. The molecule has 0 aromatic heterocycles. The second kappa shape index (κ2) is 8.10. The Morgan fingerprint density at radius 3 is 2.63 bits per heavy atom. The van der Waals surface area contributed by atoms with E-state index in [0.717, 1.165) is 31.4 Å². The van der Waals surface area contributed by atoms with Crippen LogP contribution in [0.4, 0.5) is 5.69 Å². The Balaban J connectivity index is 1.66. The minimum Gasteiger partial charge on any atom is -0.497 e. The van der Waals surface area contributed by atoms with E-state index in [1.165, 1.54) is 17.7 Å². The summed E-state index contributed by atoms with van der Waals surface area (Å²) in [7, 11) is -1.67. The molecule has 27 heavy (non-hydrogen) atoms. The number of nitrogens with zero attached hydrogens (tertiary/aromatic N) is 1. The molecule has 0 radical (unpaired) electrons. The fourth-order valence-corrected chi connectivity index (χ4v) is 4.08. The fourth-order valence-electron chi connectivity index (χ4n) is 3.41. The zero-order chi connectivity index (χ0) is 19.4. The van der Waals surface area contributed by atoms with E-state index >= 15 is 0 Å². The first-order valence-corrected chi connectivity index (χ1v) is 10.7. The van der Waals surface area contributed by atoms with Crippen molar-refractivity contribution < 1.29 is 17.9 Å². The van der Waals surface area contributed by atoms with Gasteiger partial charge in [0.05, 0.1) is 18.6 Å². The summed E-state index contributed by atoms with van der Waals surface area (Å²) >= 11 is 0. The molecule has 0 spiro atoms. The van der Waals surface area contributed by atoms with Crippen LogP contribution in [0.1, 0.15) is 24.4 Å². The van der Waals surface area contributed by atoms with Crippen molar-refractivity contribution in [3.05, 3.63) is 54.1 Å². The molecule has 1 aliphatic rings. The molecule has 2 aromatic carbocycles. The molecule has 1 aliphatic heterocycles. The summed E-state index contributed by atoms with van der Waals surface area (Å²) in [6.45, 7) is 1.12. The highest BCUT2D eigenvalue weighted by Crippen LogP contribution is 2.32. The highest BCUT2D eigenvalue weighted by Gasteiger charge is 2.27. The van der Waals surface area contributed by atoms with E-state index in [4.69, 9.17) is 4.74 Å². The van der Waals surface area contributed by atoms with Gasteiger partial charge >= 0.3 is 0 Å². The van der Waals surface area contributed by atoms with Gasteiger partial charge in [-0.3, -0.25) is 9.69 Å². The van der Waals surface area contributed by atoms with Crippen molar-refractivity contribution in [2.24, 2.45) is 0 Å². The number of hydrogen-bond donors (Lipinski definition) is 1. The number of amides is 1. The molecule has 1 heterocycles. The predicted octanol–water partition coefficient (Wildman–Crippen LogP) is 2.87. The number of hydrogen-bond acceptors (Lipinski definition) is 5. The molecular weight excluding hydrogens is 364 g/mol. The number of likely N-dealkylation sites (tertiary alicyclic amines) is 1. The number of rotatable bonds is 6. The van der Waals surface area contributed by atoms with E-state index in [1.807, 2.05) is 24.3 Å². The van der Waals surface area contributed by atoms with Crippen LogP contribution in [0, 0.1) is 0 Å². The van der Waals surface area contributed by atoms with Crippen molar-refractivity contribution >= 4 is 21.4 Å². The van der Waals surface area contributed by atoms with E-state index in [1.54, 1.807) is 19.2 Å². The average Bonchev–Trinajstić information content (AvgIpc) is 3.09. The van der Waals surface area contributed by atoms with Crippen LogP contribution in [0.15, 0.2) is 53.4 Å². The van der Waals surface area contributed by atoms with Gasteiger partial charge in [-0.05, 0) is 55.3 Å². The number of sulfone groups is 1. The van der Waals surface area contributed by atoms with E-state index in [-0.39, 0.29) is 23.4 Å². The Labute approximate surface area is 160 Å². The SMILES string of the molecule is COc1ccc([C@H]2CCCN2CC(=O)Nc2cccc(S(C)(=O)=O)c2)cc1. The lowest BCUT2D eigenvalue weighted by Gasteiger charge is -2.24. The molecule has 1 N–H and O–H groups in total. The van der Waals surface area contributed by atoms with Crippen molar-refractivity contribution in [2.75, 3.05) is 31.8 Å². The van der Waals surface area contributed by atoms with Gasteiger partial charge in [0.15, 0.2) is 9.84 Å². The highest BCUT2D eigenvalue weighted by atomic mass is 32.2. The molecule has 3 rings (SSSR count). The van der Waals surface area contributed by atoms with E-state index < -0.39 is 9.84 Å². The summed E-state index contributed by atoms with van der Waals surface area (Å²) < 4.78 is 28.5. The monoisotopic (exact) mass is 388 g/mol. The normalized spacial score (nSPS) is 17.6. The van der Waals surface area contributed by atoms with Gasteiger partial charge in [-0.1, -0.05) is 18.2 Å². The van der Waals surface area contributed by atoms with E-state index in [2.05, 4.69) is 10.2 Å². The maximum atomic E-state index is 12.5. The summed E-state index contributed by atoms with van der Waals surface area (Å²) in [5, 5.41) is 2.81. The van der Waals surface area contributed by atoms with Crippen LogP contribution in [-0.2, 0) is 14.6 Å². The first kappa shape index (κ1) is 19.4. The second-order valence-corrected chi connectivity index (χ2v) is 8.77. The number of carbonyl (C=O) groups is 1. The molecule has 1 atom stereocenters. The largest absolute Gasteiger partial charge is 0.497 e. The molecule has 6 nitrogen and oxygen atoms in total. The molecule has 0 unspecified atom stereocenters. The number of methoxy groups -OCH3 is 1. The lowest BCUT2D eigenvalue weighted by atomic mass is 10.0. The van der Waals surface area contributed by atoms with Gasteiger partial charge in [0, 0.05) is 18.0 Å². The summed E-state index contributed by atoms with van der Waals surface area (Å²) in [4.78, 5) is 14.8. The average molecular weight is 388 g/mol. The van der Waals surface area contributed by atoms with Gasteiger partial charge in [0.2, 0.25) is 5.91 Å². The summed E-state index contributed by atoms with van der Waals surface area (Å²) in [6, 6.07) is 14.5. The minimum atomic E-state index is -3.31. The zero-order valence-electron chi connectivity index (χ0n) is 15.5. The summed E-state index contributed by atoms with van der Waals surface area (Å²) in [5.74, 6) is 0.660. The summed E-state index contributed by atoms with van der Waals surface area (Å²) in [5.41, 5.74) is 1.66. The predicted molar refractivity (Wildman–Crippen MR) is 105 cm³/mol. The standard InChI is InChI=1S/C20H24N2O4S/c1-26-17-10-8-15(9-11-17)19-7-4-12-22(19)14-20(23)21-16-5-3-6-18(13-16)27(2,24)25/h3,5-6,8-11,13,19H,4,7,12,14H2,1-2H3,(H,21,23)/t19-/m1/s1. The molecule has 1 amide bonds. The zero-order valence-corrected chi connectivity index (χ0v) is 16.3. The molecule has 0 aliphatic carbocycles. The van der Waals surface area contributed by atoms with Crippen LogP contribution in [-0.4, -0.2) is 45.7 Å². The van der Waals surface area contributed by atoms with Crippen molar-refractivity contribution in [2.45, 2.75) is 23.8 Å². The highest BCUT2D eigenvalue weighted by molar-refractivity contribution is 7.90. The van der Waals surface area contributed by atoms with Crippen molar-refractivity contribution in [1.29, 1.82) is 0 Å². The Kier molecular flexibility index (Phi) is 5.82. The van der Waals surface area contributed by atoms with Gasteiger partial charge in [-0.2, -0.15) is 0 Å². The molecule has 1 fully saturated rings. The van der Waals surface area contributed by atoms with Crippen LogP contribution >= 0.6 is 0 Å². The number of carbonyl (C=O) groups excluding carboxylic acids is 1. The third kappa shape index (κ3) is 4.87. The van der Waals surface area contributed by atoms with Gasteiger partial charge < -0.3 is 10.1 Å². The minimum absolute atomic E-state index is 0.152. The third-order valence-electron chi connectivity index (χ3n) is 4.76. The van der Waals surface area contributed by atoms with Crippen LogP contribution in [0.2, 0.25) is 0 Å². The molecular formula is C20H24N2O4S. The van der Waals surface area contributed by atoms with E-state index in [0.29, 0.717) is 5.69 Å². The van der Waals surface area contributed by atoms with Crippen LogP contribution < -0.4 is 10.1 Å². The first-order valence-electron chi connectivity index (χ1n) is 8.85. The first-order chi connectivity index (χ1) is 12.9. The summed E-state index contributed by atoms with van der Waals surface area (Å²) in [6.07, 6.45) is 3.19. The van der Waals surface area contributed by atoms with Gasteiger partial charge in [0.1, 0.15) is 5.75 Å². The molecule has 1 saturated heterocycles. The van der Waals surface area contributed by atoms with Crippen molar-refractivity contribution in [3.63, 3.8) is 0 Å². The Hall–Kier alpha value is -2.38. The smallest absolute Gasteiger partial charge is 0.238 e. The molecule has 0 saturated carbocycles. The Bertz CT molecular complexity index is 910. The molecule has 7 heteroatoms. The van der Waals surface area contributed by atoms with Gasteiger partial charge in [0.25, 0.3) is 0 Å². The van der Waals surface area contributed by atoms with Crippen molar-refractivity contribution in [1.82, 2.24) is 4.90 Å². The third-order valence-corrected chi connectivity index (χ3v) is 5.87.